The molecule has 3 fully saturated rings. The zero-order chi connectivity index (χ0) is 21.4. The lowest BCUT2D eigenvalue weighted by molar-refractivity contribution is -0.128. The van der Waals surface area contributed by atoms with Gasteiger partial charge in [0.15, 0.2) is 11.5 Å². The van der Waals surface area contributed by atoms with E-state index in [2.05, 4.69) is 54.8 Å². The standard InChI is InChI=1S/C25H35NO3S2/c1-16(2)23(17-7-8-21-22(15-17)29-10-4-9-28-21)26-24(27)18-13-19-5-3-6-20(14-18)25(19)30-11-12-31-25/h7-8,15-16,18-20,23H,3-6,9-14H2,1-2H3,(H,26,27). The first-order chi connectivity index (χ1) is 15.1. The van der Waals surface area contributed by atoms with E-state index in [9.17, 15) is 4.79 Å². The van der Waals surface area contributed by atoms with E-state index in [0.717, 1.165) is 36.3 Å². The molecule has 0 aromatic heterocycles. The van der Waals surface area contributed by atoms with E-state index in [-0.39, 0.29) is 17.9 Å². The van der Waals surface area contributed by atoms with Crippen molar-refractivity contribution in [3.05, 3.63) is 23.8 Å². The number of thioether (sulfide) groups is 2. The maximum atomic E-state index is 13.5. The molecule has 4 aliphatic rings. The molecule has 2 saturated carbocycles. The molecule has 2 aliphatic carbocycles. The van der Waals surface area contributed by atoms with Gasteiger partial charge in [-0.05, 0) is 61.1 Å². The van der Waals surface area contributed by atoms with Gasteiger partial charge in [-0.25, -0.2) is 0 Å². The van der Waals surface area contributed by atoms with Crippen molar-refractivity contribution in [3.8, 4) is 11.5 Å². The third kappa shape index (κ3) is 4.19. The molecule has 1 saturated heterocycles. The Hall–Kier alpha value is -1.01. The SMILES string of the molecule is CC(C)C(NC(=O)C1CC2CCCC(C1)C21SCCS1)c1ccc2c(c1)OCCCO2. The molecule has 2 bridgehead atoms. The van der Waals surface area contributed by atoms with E-state index < -0.39 is 0 Å². The van der Waals surface area contributed by atoms with E-state index >= 15 is 0 Å². The molecule has 1 aromatic carbocycles. The van der Waals surface area contributed by atoms with Gasteiger partial charge in [-0.2, -0.15) is 0 Å². The van der Waals surface area contributed by atoms with Crippen molar-refractivity contribution in [1.29, 1.82) is 0 Å². The van der Waals surface area contributed by atoms with Gasteiger partial charge in [0.1, 0.15) is 0 Å². The number of fused-ring (bicyclic) bond motifs is 1. The Morgan fingerprint density at radius 1 is 1.03 bits per heavy atom. The van der Waals surface area contributed by atoms with E-state index in [1.807, 2.05) is 6.07 Å². The molecule has 5 rings (SSSR count). The molecule has 6 heteroatoms. The summed E-state index contributed by atoms with van der Waals surface area (Å²) in [6.45, 7) is 5.74. The quantitative estimate of drug-likeness (QED) is 0.627. The second-order valence-electron chi connectivity index (χ2n) is 9.90. The largest absolute Gasteiger partial charge is 0.490 e. The number of ether oxygens (including phenoxy) is 2. The summed E-state index contributed by atoms with van der Waals surface area (Å²) in [5.74, 6) is 6.31. The number of hydrogen-bond donors (Lipinski definition) is 1. The highest BCUT2D eigenvalue weighted by atomic mass is 32.2. The van der Waals surface area contributed by atoms with Gasteiger partial charge in [0, 0.05) is 23.8 Å². The summed E-state index contributed by atoms with van der Waals surface area (Å²) in [6.07, 6.45) is 6.98. The average Bonchev–Trinajstić information content (AvgIpc) is 3.09. The molecule has 3 atom stereocenters. The lowest BCUT2D eigenvalue weighted by Gasteiger charge is -2.52. The van der Waals surface area contributed by atoms with E-state index in [4.69, 9.17) is 9.47 Å². The third-order valence-electron chi connectivity index (χ3n) is 7.59. The summed E-state index contributed by atoms with van der Waals surface area (Å²) in [5, 5.41) is 3.44. The molecule has 3 unspecified atom stereocenters. The second kappa shape index (κ2) is 9.09. The summed E-state index contributed by atoms with van der Waals surface area (Å²) < 4.78 is 12.1. The van der Waals surface area contributed by atoms with Crippen LogP contribution in [0, 0.1) is 23.7 Å². The smallest absolute Gasteiger partial charge is 0.223 e. The maximum Gasteiger partial charge on any atom is 0.223 e. The van der Waals surface area contributed by atoms with Crippen LogP contribution >= 0.6 is 23.5 Å². The van der Waals surface area contributed by atoms with Gasteiger partial charge in [-0.15, -0.1) is 23.5 Å². The number of carbonyl (C=O) groups is 1. The Morgan fingerprint density at radius 2 is 1.71 bits per heavy atom. The molecule has 2 aliphatic heterocycles. The van der Waals surface area contributed by atoms with Crippen LogP contribution in [0.4, 0.5) is 0 Å². The highest BCUT2D eigenvalue weighted by Gasteiger charge is 2.55. The third-order valence-corrected chi connectivity index (χ3v) is 11.6. The summed E-state index contributed by atoms with van der Waals surface area (Å²) >= 11 is 4.41. The van der Waals surface area contributed by atoms with Gasteiger partial charge in [-0.1, -0.05) is 26.3 Å². The van der Waals surface area contributed by atoms with Crippen LogP contribution in [0.25, 0.3) is 0 Å². The van der Waals surface area contributed by atoms with Crippen molar-refractivity contribution in [2.75, 3.05) is 24.7 Å². The molecule has 2 heterocycles. The fourth-order valence-corrected chi connectivity index (χ4v) is 10.0. The summed E-state index contributed by atoms with van der Waals surface area (Å²) in [4.78, 5) is 13.5. The van der Waals surface area contributed by atoms with Crippen molar-refractivity contribution in [1.82, 2.24) is 5.32 Å². The lowest BCUT2D eigenvalue weighted by Crippen LogP contribution is -2.50. The fourth-order valence-electron chi connectivity index (χ4n) is 6.10. The van der Waals surface area contributed by atoms with Gasteiger partial charge in [0.05, 0.1) is 23.3 Å². The average molecular weight is 462 g/mol. The zero-order valence-electron chi connectivity index (χ0n) is 18.7. The molecule has 31 heavy (non-hydrogen) atoms. The van der Waals surface area contributed by atoms with Crippen molar-refractivity contribution < 1.29 is 14.3 Å². The van der Waals surface area contributed by atoms with E-state index in [1.54, 1.807) is 0 Å². The van der Waals surface area contributed by atoms with Gasteiger partial charge >= 0.3 is 0 Å². The Morgan fingerprint density at radius 3 is 2.39 bits per heavy atom. The Labute approximate surface area is 195 Å². The van der Waals surface area contributed by atoms with E-state index in [1.165, 1.54) is 30.8 Å². The highest BCUT2D eigenvalue weighted by Crippen LogP contribution is 2.64. The molecule has 1 amide bonds. The number of hydrogen-bond acceptors (Lipinski definition) is 5. The first kappa shape index (κ1) is 21.8. The van der Waals surface area contributed by atoms with Crippen LogP contribution in [0.3, 0.4) is 0 Å². The minimum absolute atomic E-state index is 0.00406. The second-order valence-corrected chi connectivity index (χ2v) is 12.9. The molecule has 0 radical (unpaired) electrons. The minimum atomic E-state index is -0.00406. The molecule has 170 valence electrons. The number of benzene rings is 1. The van der Waals surface area contributed by atoms with Gasteiger partial charge in [0.25, 0.3) is 0 Å². The van der Waals surface area contributed by atoms with Crippen LogP contribution in [-0.4, -0.2) is 34.7 Å². The summed E-state index contributed by atoms with van der Waals surface area (Å²) in [6, 6.07) is 6.16. The van der Waals surface area contributed by atoms with Crippen LogP contribution in [-0.2, 0) is 4.79 Å². The highest BCUT2D eigenvalue weighted by molar-refractivity contribution is 8.21. The van der Waals surface area contributed by atoms with Crippen LogP contribution < -0.4 is 14.8 Å². The lowest BCUT2D eigenvalue weighted by atomic mass is 9.66. The van der Waals surface area contributed by atoms with Crippen LogP contribution in [0.1, 0.15) is 64.0 Å². The molecule has 1 N–H and O–H groups in total. The first-order valence-electron chi connectivity index (χ1n) is 12.0. The molecular weight excluding hydrogens is 426 g/mol. The monoisotopic (exact) mass is 461 g/mol. The van der Waals surface area contributed by atoms with Crippen molar-refractivity contribution in [2.24, 2.45) is 23.7 Å². The van der Waals surface area contributed by atoms with E-state index in [0.29, 0.717) is 35.0 Å². The van der Waals surface area contributed by atoms with Gasteiger partial charge in [-0.3, -0.25) is 4.79 Å². The van der Waals surface area contributed by atoms with Crippen molar-refractivity contribution >= 4 is 29.4 Å². The van der Waals surface area contributed by atoms with Crippen molar-refractivity contribution in [3.63, 3.8) is 0 Å². The Kier molecular flexibility index (Phi) is 6.40. The predicted molar refractivity (Wildman–Crippen MR) is 129 cm³/mol. The topological polar surface area (TPSA) is 47.6 Å². The van der Waals surface area contributed by atoms with Gasteiger partial charge < -0.3 is 14.8 Å². The fraction of sp³-hybridized carbons (Fsp3) is 0.720. The molecule has 4 nitrogen and oxygen atoms in total. The van der Waals surface area contributed by atoms with Gasteiger partial charge in [0.2, 0.25) is 5.91 Å². The van der Waals surface area contributed by atoms with Crippen LogP contribution in [0.15, 0.2) is 18.2 Å². The van der Waals surface area contributed by atoms with Crippen LogP contribution in [0.2, 0.25) is 0 Å². The minimum Gasteiger partial charge on any atom is -0.490 e. The Balaban J connectivity index is 1.31. The Bertz CT molecular complexity index is 792. The summed E-state index contributed by atoms with van der Waals surface area (Å²) in [7, 11) is 0. The normalized spacial score (nSPS) is 30.1. The number of carbonyl (C=O) groups excluding carboxylic acids is 1. The zero-order valence-corrected chi connectivity index (χ0v) is 20.4. The number of nitrogens with one attached hydrogen (secondary N) is 1. The molecule has 1 aromatic rings. The van der Waals surface area contributed by atoms with Crippen molar-refractivity contribution in [2.45, 2.75) is 62.5 Å². The number of amides is 1. The molecular formula is C25H35NO3S2. The predicted octanol–water partition coefficient (Wildman–Crippen LogP) is 5.66. The molecule has 1 spiro atoms. The first-order valence-corrected chi connectivity index (χ1v) is 14.0. The number of rotatable bonds is 4. The maximum absolute atomic E-state index is 13.5. The summed E-state index contributed by atoms with van der Waals surface area (Å²) in [5.41, 5.74) is 1.11. The van der Waals surface area contributed by atoms with Crippen LogP contribution in [0.5, 0.6) is 11.5 Å².